The molecule has 2 aliphatic heterocycles. The molecule has 0 aliphatic carbocycles. The Bertz CT molecular complexity index is 1030. The normalized spacial score (nSPS) is 17.5. The van der Waals surface area contributed by atoms with Crippen LogP contribution in [-0.4, -0.2) is 60.9 Å². The monoisotopic (exact) mass is 437 g/mol. The van der Waals surface area contributed by atoms with Gasteiger partial charge in [0.25, 0.3) is 11.8 Å². The van der Waals surface area contributed by atoms with E-state index in [1.165, 1.54) is 18.2 Å². The van der Waals surface area contributed by atoms with Gasteiger partial charge in [0.15, 0.2) is 0 Å². The van der Waals surface area contributed by atoms with E-state index in [9.17, 15) is 14.0 Å². The number of hydrogen-bond acceptors (Lipinski definition) is 5. The van der Waals surface area contributed by atoms with Crippen LogP contribution in [0.25, 0.3) is 5.57 Å². The second kappa shape index (κ2) is 9.53. The van der Waals surface area contributed by atoms with Crippen LogP contribution >= 0.6 is 0 Å². The fourth-order valence-electron chi connectivity index (χ4n) is 4.15. The molecule has 4 rings (SSSR count). The predicted molar refractivity (Wildman–Crippen MR) is 122 cm³/mol. The SMILES string of the molecule is CCCOc1ccc(C2=C(N3CCN(CC)CC3)C(=O)N(c3ccccc3F)C2=O)cc1. The van der Waals surface area contributed by atoms with Gasteiger partial charge in [0, 0.05) is 26.2 Å². The van der Waals surface area contributed by atoms with Gasteiger partial charge in [-0.3, -0.25) is 9.59 Å². The summed E-state index contributed by atoms with van der Waals surface area (Å²) in [5.74, 6) is -0.882. The third-order valence-corrected chi connectivity index (χ3v) is 5.90. The summed E-state index contributed by atoms with van der Waals surface area (Å²) in [5.41, 5.74) is 1.26. The van der Waals surface area contributed by atoms with Crippen LogP contribution in [0.5, 0.6) is 5.75 Å². The van der Waals surface area contributed by atoms with Gasteiger partial charge in [0.1, 0.15) is 17.3 Å². The van der Waals surface area contributed by atoms with Crippen LogP contribution in [0.2, 0.25) is 0 Å². The first-order valence-electron chi connectivity index (χ1n) is 11.1. The van der Waals surface area contributed by atoms with E-state index in [0.29, 0.717) is 42.3 Å². The van der Waals surface area contributed by atoms with E-state index in [1.54, 1.807) is 30.3 Å². The van der Waals surface area contributed by atoms with Crippen LogP contribution in [0.3, 0.4) is 0 Å². The third kappa shape index (κ3) is 4.12. The number of anilines is 1. The van der Waals surface area contributed by atoms with Crippen molar-refractivity contribution in [2.24, 2.45) is 0 Å². The number of piperazine rings is 1. The van der Waals surface area contributed by atoms with Crippen LogP contribution in [0.1, 0.15) is 25.8 Å². The number of nitrogens with zero attached hydrogens (tertiary/aromatic N) is 3. The zero-order valence-electron chi connectivity index (χ0n) is 18.5. The van der Waals surface area contributed by atoms with Gasteiger partial charge in [-0.05, 0) is 42.8 Å². The van der Waals surface area contributed by atoms with Gasteiger partial charge < -0.3 is 14.5 Å². The Morgan fingerprint density at radius 3 is 2.22 bits per heavy atom. The Balaban J connectivity index is 1.74. The topological polar surface area (TPSA) is 53.1 Å². The van der Waals surface area contributed by atoms with Crippen LogP contribution in [-0.2, 0) is 9.59 Å². The average Bonchev–Trinajstić information content (AvgIpc) is 3.08. The lowest BCUT2D eigenvalue weighted by Gasteiger charge is -2.36. The molecule has 0 saturated carbocycles. The number of ether oxygens (including phenoxy) is 1. The second-order valence-corrected chi connectivity index (χ2v) is 7.91. The lowest BCUT2D eigenvalue weighted by atomic mass is 10.0. The number of carbonyl (C=O) groups excluding carboxylic acids is 2. The zero-order chi connectivity index (χ0) is 22.7. The molecule has 0 unspecified atom stereocenters. The molecule has 2 heterocycles. The summed E-state index contributed by atoms with van der Waals surface area (Å²) in [4.78, 5) is 32.2. The van der Waals surface area contributed by atoms with Gasteiger partial charge in [-0.2, -0.15) is 0 Å². The van der Waals surface area contributed by atoms with Crippen molar-refractivity contribution in [3.05, 3.63) is 65.6 Å². The van der Waals surface area contributed by atoms with Gasteiger partial charge in [-0.15, -0.1) is 0 Å². The highest BCUT2D eigenvalue weighted by Gasteiger charge is 2.43. The standard InChI is InChI=1S/C25H28FN3O3/c1-3-17-32-19-11-9-18(10-12-19)22-23(28-15-13-27(4-2)14-16-28)25(31)29(24(22)30)21-8-6-5-7-20(21)26/h5-12H,3-4,13-17H2,1-2H3. The summed E-state index contributed by atoms with van der Waals surface area (Å²) in [6, 6.07) is 13.1. The van der Waals surface area contributed by atoms with Gasteiger partial charge in [0.05, 0.1) is 17.9 Å². The number of likely N-dealkylation sites (N-methyl/N-ethyl adjacent to an activating group) is 1. The molecule has 2 amide bonds. The van der Waals surface area contributed by atoms with Crippen LogP contribution < -0.4 is 9.64 Å². The zero-order valence-corrected chi connectivity index (χ0v) is 18.5. The highest BCUT2D eigenvalue weighted by molar-refractivity contribution is 6.45. The molecular weight excluding hydrogens is 409 g/mol. The van der Waals surface area contributed by atoms with E-state index in [0.717, 1.165) is 31.0 Å². The number of hydrogen-bond donors (Lipinski definition) is 0. The first-order chi connectivity index (χ1) is 15.5. The summed E-state index contributed by atoms with van der Waals surface area (Å²) >= 11 is 0. The Hall–Kier alpha value is -3.19. The highest BCUT2D eigenvalue weighted by Crippen LogP contribution is 2.36. The first kappa shape index (κ1) is 22.0. The highest BCUT2D eigenvalue weighted by atomic mass is 19.1. The minimum absolute atomic E-state index is 0.0231. The molecule has 6 nitrogen and oxygen atoms in total. The first-order valence-corrected chi connectivity index (χ1v) is 11.1. The average molecular weight is 438 g/mol. The quantitative estimate of drug-likeness (QED) is 0.621. The van der Waals surface area contributed by atoms with Crippen molar-refractivity contribution in [1.82, 2.24) is 9.80 Å². The van der Waals surface area contributed by atoms with Crippen molar-refractivity contribution in [3.8, 4) is 5.75 Å². The van der Waals surface area contributed by atoms with Crippen molar-refractivity contribution in [3.63, 3.8) is 0 Å². The molecule has 7 heteroatoms. The molecule has 1 saturated heterocycles. The smallest absolute Gasteiger partial charge is 0.282 e. The molecule has 0 atom stereocenters. The molecule has 168 valence electrons. The Morgan fingerprint density at radius 1 is 0.906 bits per heavy atom. The van der Waals surface area contributed by atoms with E-state index in [-0.39, 0.29) is 5.69 Å². The number of carbonyl (C=O) groups is 2. The summed E-state index contributed by atoms with van der Waals surface area (Å²) in [6.07, 6.45) is 0.894. The largest absolute Gasteiger partial charge is 0.494 e. The van der Waals surface area contributed by atoms with Gasteiger partial charge in [0.2, 0.25) is 0 Å². The maximum absolute atomic E-state index is 14.6. The number of halogens is 1. The van der Waals surface area contributed by atoms with Crippen molar-refractivity contribution in [2.45, 2.75) is 20.3 Å². The summed E-state index contributed by atoms with van der Waals surface area (Å²) in [6.45, 7) is 8.55. The number of para-hydroxylation sites is 1. The third-order valence-electron chi connectivity index (χ3n) is 5.90. The maximum atomic E-state index is 14.6. The molecule has 2 aliphatic rings. The van der Waals surface area contributed by atoms with E-state index < -0.39 is 17.6 Å². The molecule has 0 spiro atoms. The summed E-state index contributed by atoms with van der Waals surface area (Å²) < 4.78 is 20.2. The van der Waals surface area contributed by atoms with Crippen molar-refractivity contribution >= 4 is 23.1 Å². The van der Waals surface area contributed by atoms with Gasteiger partial charge in [-0.25, -0.2) is 9.29 Å². The molecule has 32 heavy (non-hydrogen) atoms. The molecule has 0 radical (unpaired) electrons. The molecular formula is C25H28FN3O3. The van der Waals surface area contributed by atoms with Crippen LogP contribution in [0, 0.1) is 5.82 Å². The predicted octanol–water partition coefficient (Wildman–Crippen LogP) is 3.54. The van der Waals surface area contributed by atoms with Crippen molar-refractivity contribution in [2.75, 3.05) is 44.2 Å². The van der Waals surface area contributed by atoms with E-state index >= 15 is 0 Å². The molecule has 2 aromatic carbocycles. The molecule has 0 N–H and O–H groups in total. The maximum Gasteiger partial charge on any atom is 0.282 e. The second-order valence-electron chi connectivity index (χ2n) is 7.91. The van der Waals surface area contributed by atoms with E-state index in [4.69, 9.17) is 4.74 Å². The van der Waals surface area contributed by atoms with Crippen molar-refractivity contribution in [1.29, 1.82) is 0 Å². The molecule has 1 fully saturated rings. The number of benzene rings is 2. The molecule has 0 bridgehead atoms. The number of rotatable bonds is 7. The van der Waals surface area contributed by atoms with Crippen LogP contribution in [0.4, 0.5) is 10.1 Å². The Morgan fingerprint density at radius 2 is 1.59 bits per heavy atom. The van der Waals surface area contributed by atoms with Gasteiger partial charge >= 0.3 is 0 Å². The number of imide groups is 1. The fraction of sp³-hybridized carbons (Fsp3) is 0.360. The minimum atomic E-state index is -0.603. The summed E-state index contributed by atoms with van der Waals surface area (Å²) in [5, 5.41) is 0. The number of amides is 2. The Labute approximate surface area is 187 Å². The molecule has 0 aromatic heterocycles. The van der Waals surface area contributed by atoms with Crippen LogP contribution in [0.15, 0.2) is 54.2 Å². The lowest BCUT2D eigenvalue weighted by Crippen LogP contribution is -2.47. The van der Waals surface area contributed by atoms with E-state index in [1.807, 2.05) is 11.8 Å². The molecule has 2 aromatic rings. The van der Waals surface area contributed by atoms with Gasteiger partial charge in [-0.1, -0.05) is 38.1 Å². The van der Waals surface area contributed by atoms with Crippen molar-refractivity contribution < 1.29 is 18.7 Å². The van der Waals surface area contributed by atoms with E-state index in [2.05, 4.69) is 11.8 Å². The summed E-state index contributed by atoms with van der Waals surface area (Å²) in [7, 11) is 0. The minimum Gasteiger partial charge on any atom is -0.494 e. The Kier molecular flexibility index (Phi) is 6.55. The lowest BCUT2D eigenvalue weighted by molar-refractivity contribution is -0.120. The fourth-order valence-corrected chi connectivity index (χ4v) is 4.15.